The van der Waals surface area contributed by atoms with E-state index in [1.54, 1.807) is 19.2 Å². The van der Waals surface area contributed by atoms with Gasteiger partial charge in [0.15, 0.2) is 5.79 Å². The van der Waals surface area contributed by atoms with E-state index in [9.17, 15) is 4.79 Å². The van der Waals surface area contributed by atoms with Gasteiger partial charge in [-0.2, -0.15) is 0 Å². The summed E-state index contributed by atoms with van der Waals surface area (Å²) in [5.74, 6) is 0.388. The van der Waals surface area contributed by atoms with Crippen LogP contribution in [0.3, 0.4) is 0 Å². The summed E-state index contributed by atoms with van der Waals surface area (Å²) >= 11 is 12.8. The number of amides is 1. The highest BCUT2D eigenvalue weighted by molar-refractivity contribution is 6.36. The van der Waals surface area contributed by atoms with Crippen molar-refractivity contribution < 1.29 is 19.0 Å². The highest BCUT2D eigenvalue weighted by Gasteiger charge is 2.44. The van der Waals surface area contributed by atoms with Crippen molar-refractivity contribution in [3.8, 4) is 5.75 Å². The van der Waals surface area contributed by atoms with Crippen LogP contribution in [0.5, 0.6) is 5.75 Å². The standard InChI is InChI=1S/C20H25Cl2NO4/c1-25-15-11-17(21)16(18(22)12-15)10-13-4-7-23(19(13)24)14-2-5-20(6-3-14)26-8-9-27-20/h11-14H,2-10H2,1H3. The van der Waals surface area contributed by atoms with Gasteiger partial charge in [-0.05, 0) is 43.4 Å². The molecule has 1 aromatic carbocycles. The highest BCUT2D eigenvalue weighted by atomic mass is 35.5. The van der Waals surface area contributed by atoms with Crippen LogP contribution in [0.25, 0.3) is 0 Å². The fourth-order valence-electron chi connectivity index (χ4n) is 4.59. The second-order valence-corrected chi connectivity index (χ2v) is 8.44. The van der Waals surface area contributed by atoms with Gasteiger partial charge in [0.1, 0.15) is 5.75 Å². The summed E-state index contributed by atoms with van der Waals surface area (Å²) in [6.45, 7) is 2.16. The molecular formula is C20H25Cl2NO4. The Morgan fingerprint density at radius 2 is 1.78 bits per heavy atom. The summed E-state index contributed by atoms with van der Waals surface area (Å²) in [7, 11) is 1.58. The topological polar surface area (TPSA) is 48.0 Å². The van der Waals surface area contributed by atoms with Gasteiger partial charge in [0, 0.05) is 41.4 Å². The molecule has 3 fully saturated rings. The molecule has 27 heavy (non-hydrogen) atoms. The maximum atomic E-state index is 13.0. The molecule has 0 radical (unpaired) electrons. The molecule has 5 nitrogen and oxygen atoms in total. The second-order valence-electron chi connectivity index (χ2n) is 7.63. The molecule has 7 heteroatoms. The van der Waals surface area contributed by atoms with Crippen molar-refractivity contribution in [2.24, 2.45) is 5.92 Å². The first kappa shape index (κ1) is 19.3. The number of nitrogens with zero attached hydrogens (tertiary/aromatic N) is 1. The van der Waals surface area contributed by atoms with Crippen LogP contribution in [0.1, 0.15) is 37.7 Å². The highest BCUT2D eigenvalue weighted by Crippen LogP contribution is 2.40. The van der Waals surface area contributed by atoms with E-state index in [4.69, 9.17) is 37.4 Å². The number of rotatable bonds is 4. The quantitative estimate of drug-likeness (QED) is 0.745. The van der Waals surface area contributed by atoms with Crippen LogP contribution >= 0.6 is 23.2 Å². The van der Waals surface area contributed by atoms with Crippen LogP contribution in [0.15, 0.2) is 12.1 Å². The number of likely N-dealkylation sites (tertiary alicyclic amines) is 1. The predicted molar refractivity (Wildman–Crippen MR) is 103 cm³/mol. The van der Waals surface area contributed by atoms with Crippen molar-refractivity contribution in [2.75, 3.05) is 26.9 Å². The van der Waals surface area contributed by atoms with Gasteiger partial charge in [-0.1, -0.05) is 23.2 Å². The van der Waals surface area contributed by atoms with E-state index in [0.29, 0.717) is 35.4 Å². The molecule has 2 aliphatic heterocycles. The van der Waals surface area contributed by atoms with Crippen LogP contribution < -0.4 is 4.74 Å². The Hall–Kier alpha value is -1.01. The van der Waals surface area contributed by atoms with E-state index in [-0.39, 0.29) is 23.7 Å². The van der Waals surface area contributed by atoms with Gasteiger partial charge in [-0.15, -0.1) is 0 Å². The summed E-state index contributed by atoms with van der Waals surface area (Å²) < 4.78 is 16.8. The minimum atomic E-state index is -0.386. The monoisotopic (exact) mass is 413 g/mol. The molecule has 4 rings (SSSR count). The number of halogens is 2. The lowest BCUT2D eigenvalue weighted by Crippen LogP contribution is -2.45. The molecule has 2 saturated heterocycles. The predicted octanol–water partition coefficient (Wildman–Crippen LogP) is 4.08. The summed E-state index contributed by atoms with van der Waals surface area (Å²) in [5, 5.41) is 1.11. The molecule has 2 heterocycles. The van der Waals surface area contributed by atoms with E-state index < -0.39 is 0 Å². The number of hydrogen-bond acceptors (Lipinski definition) is 4. The molecular weight excluding hydrogens is 389 g/mol. The van der Waals surface area contributed by atoms with Gasteiger partial charge in [0.2, 0.25) is 5.91 Å². The van der Waals surface area contributed by atoms with Gasteiger partial charge in [0.25, 0.3) is 0 Å². The molecule has 1 saturated carbocycles. The normalized spacial score (nSPS) is 25.5. The van der Waals surface area contributed by atoms with Crippen molar-refractivity contribution >= 4 is 29.1 Å². The van der Waals surface area contributed by atoms with E-state index >= 15 is 0 Å². The van der Waals surface area contributed by atoms with E-state index in [2.05, 4.69) is 4.90 Å². The third-order valence-corrected chi connectivity index (χ3v) is 6.80. The Bertz CT molecular complexity index is 687. The Kier molecular flexibility index (Phi) is 5.57. The van der Waals surface area contributed by atoms with E-state index in [1.165, 1.54) is 0 Å². The number of methoxy groups -OCH3 is 1. The van der Waals surface area contributed by atoms with Crippen molar-refractivity contribution in [1.82, 2.24) is 4.90 Å². The van der Waals surface area contributed by atoms with Gasteiger partial charge in [-0.3, -0.25) is 4.79 Å². The summed E-state index contributed by atoms with van der Waals surface area (Å²) in [5.41, 5.74) is 0.828. The minimum Gasteiger partial charge on any atom is -0.497 e. The molecule has 0 N–H and O–H groups in total. The first-order valence-electron chi connectivity index (χ1n) is 9.62. The summed E-state index contributed by atoms with van der Waals surface area (Å²) in [4.78, 5) is 15.1. The molecule has 1 amide bonds. The van der Waals surface area contributed by atoms with Crippen LogP contribution in [0.2, 0.25) is 10.0 Å². The number of ether oxygens (including phenoxy) is 3. The Morgan fingerprint density at radius 1 is 1.15 bits per heavy atom. The van der Waals surface area contributed by atoms with Crippen LogP contribution in [0.4, 0.5) is 0 Å². The van der Waals surface area contributed by atoms with Gasteiger partial charge in [0.05, 0.1) is 20.3 Å². The number of carbonyl (C=O) groups is 1. The fourth-order valence-corrected chi connectivity index (χ4v) is 5.22. The average Bonchev–Trinajstić information content (AvgIpc) is 3.26. The van der Waals surface area contributed by atoms with E-state index in [1.807, 2.05) is 0 Å². The van der Waals surface area contributed by atoms with Crippen LogP contribution in [0, 0.1) is 5.92 Å². The lowest BCUT2D eigenvalue weighted by Gasteiger charge is -2.39. The van der Waals surface area contributed by atoms with Crippen molar-refractivity contribution in [3.05, 3.63) is 27.7 Å². The molecule has 1 atom stereocenters. The first-order chi connectivity index (χ1) is 13.0. The van der Waals surface area contributed by atoms with Crippen LogP contribution in [-0.2, 0) is 20.7 Å². The molecule has 0 bridgehead atoms. The Balaban J connectivity index is 1.39. The zero-order chi connectivity index (χ0) is 19.0. The maximum Gasteiger partial charge on any atom is 0.226 e. The SMILES string of the molecule is COc1cc(Cl)c(CC2CCN(C3CCC4(CC3)OCCO4)C2=O)c(Cl)c1. The van der Waals surface area contributed by atoms with Crippen molar-refractivity contribution in [2.45, 2.75) is 50.4 Å². The molecule has 0 aromatic heterocycles. The fraction of sp³-hybridized carbons (Fsp3) is 0.650. The molecule has 1 aromatic rings. The average molecular weight is 414 g/mol. The van der Waals surface area contributed by atoms with Gasteiger partial charge in [-0.25, -0.2) is 0 Å². The number of carbonyl (C=O) groups excluding carboxylic acids is 1. The Morgan fingerprint density at radius 3 is 2.37 bits per heavy atom. The number of hydrogen-bond donors (Lipinski definition) is 0. The van der Waals surface area contributed by atoms with E-state index in [0.717, 1.165) is 44.2 Å². The molecule has 3 aliphatic rings. The molecule has 1 aliphatic carbocycles. The third-order valence-electron chi connectivity index (χ3n) is 6.12. The van der Waals surface area contributed by atoms with Gasteiger partial charge >= 0.3 is 0 Å². The maximum absolute atomic E-state index is 13.0. The first-order valence-corrected chi connectivity index (χ1v) is 10.4. The number of benzene rings is 1. The molecule has 1 unspecified atom stereocenters. The van der Waals surface area contributed by atoms with Gasteiger partial charge < -0.3 is 19.1 Å². The zero-order valence-electron chi connectivity index (χ0n) is 15.5. The minimum absolute atomic E-state index is 0.0664. The van der Waals surface area contributed by atoms with Crippen molar-refractivity contribution in [1.29, 1.82) is 0 Å². The van der Waals surface area contributed by atoms with Crippen LogP contribution in [-0.4, -0.2) is 49.5 Å². The summed E-state index contributed by atoms with van der Waals surface area (Å²) in [6, 6.07) is 3.78. The Labute approximate surface area is 169 Å². The summed E-state index contributed by atoms with van der Waals surface area (Å²) in [6.07, 6.45) is 5.00. The lowest BCUT2D eigenvalue weighted by atomic mass is 9.89. The largest absolute Gasteiger partial charge is 0.497 e. The second kappa shape index (κ2) is 7.78. The molecule has 1 spiro atoms. The lowest BCUT2D eigenvalue weighted by molar-refractivity contribution is -0.184. The smallest absolute Gasteiger partial charge is 0.226 e. The molecule has 148 valence electrons. The van der Waals surface area contributed by atoms with Crippen molar-refractivity contribution in [3.63, 3.8) is 0 Å². The zero-order valence-corrected chi connectivity index (χ0v) is 17.0. The third kappa shape index (κ3) is 3.80.